The number of nitrogens with one attached hydrogen (secondary N) is 6. The predicted molar refractivity (Wildman–Crippen MR) is 361 cm³/mol. The van der Waals surface area contributed by atoms with E-state index in [-0.39, 0.29) is 60.8 Å². The molecule has 26 heteroatoms. The highest BCUT2D eigenvalue weighted by Gasteiger charge is 2.35. The minimum atomic E-state index is -4.50. The Hall–Kier alpha value is -9.82. The number of H-pyrrole nitrogens is 1. The molecule has 0 saturated carbocycles. The number of aromatic amines is 1. The van der Waals surface area contributed by atoms with Crippen LogP contribution >= 0.6 is 0 Å². The highest BCUT2D eigenvalue weighted by molar-refractivity contribution is 7.89. The van der Waals surface area contributed by atoms with Crippen molar-refractivity contribution in [3.8, 4) is 0 Å². The zero-order chi connectivity index (χ0) is 71.3. The molecule has 0 unspecified atom stereocenters. The van der Waals surface area contributed by atoms with Crippen LogP contribution in [-0.4, -0.2) is 131 Å². The summed E-state index contributed by atoms with van der Waals surface area (Å²) >= 11 is 0. The SMILES string of the molecule is CCCc1ccc(S(=O)(=O)N[C@H](CC(=O)O)C(=O)C[C@@H](CCC(=O)O)C(=O)NCC(=O)C[C@@H](Cc2cccc(F)c2)C(=O)N[C@@H](Cc2c[nH]c3ccccc23)C(=O)C[C@@H](CCC(=O)O)C(=O)NCCCCCC(=O)C[C@@H](CCCCNC(=O)c2ccc3ccccc3c2)C(N)=O)cc1. The van der Waals surface area contributed by atoms with E-state index in [1.54, 1.807) is 48.7 Å². The van der Waals surface area contributed by atoms with Gasteiger partial charge >= 0.3 is 17.9 Å². The number of aromatic nitrogens is 1. The van der Waals surface area contributed by atoms with Gasteiger partial charge in [-0.2, -0.15) is 0 Å². The first-order valence-electron chi connectivity index (χ1n) is 32.9. The number of Topliss-reactive ketones (excluding diaryl/α,β-unsaturated/α-hetero) is 4. The van der Waals surface area contributed by atoms with Crippen LogP contribution in [0.25, 0.3) is 21.7 Å². The summed E-state index contributed by atoms with van der Waals surface area (Å²) in [5.41, 5.74) is 8.51. The van der Waals surface area contributed by atoms with Gasteiger partial charge in [-0.15, -0.1) is 0 Å². The fourth-order valence-corrected chi connectivity index (χ4v) is 12.8. The summed E-state index contributed by atoms with van der Waals surface area (Å²) in [5, 5.41) is 42.3. The van der Waals surface area contributed by atoms with Gasteiger partial charge in [0, 0.05) is 111 Å². The quantitative estimate of drug-likeness (QED) is 0.0166. The number of halogens is 1. The van der Waals surface area contributed by atoms with Crippen molar-refractivity contribution in [2.45, 2.75) is 152 Å². The molecule has 5 aromatic carbocycles. The third kappa shape index (κ3) is 25.6. The van der Waals surface area contributed by atoms with Gasteiger partial charge in [-0.1, -0.05) is 99.0 Å². The minimum absolute atomic E-state index is 0.0524. The van der Waals surface area contributed by atoms with Crippen LogP contribution in [0.2, 0.25) is 0 Å². The van der Waals surface area contributed by atoms with Crippen LogP contribution in [0.5, 0.6) is 0 Å². The molecular formula is C72H86FN7O17S. The van der Waals surface area contributed by atoms with Gasteiger partial charge in [0.2, 0.25) is 33.7 Å². The molecule has 0 aliphatic carbocycles. The van der Waals surface area contributed by atoms with Crippen LogP contribution in [0.1, 0.15) is 143 Å². The number of amides is 5. The molecule has 6 aromatic rings. The molecule has 98 heavy (non-hydrogen) atoms. The number of carboxylic acids is 3. The van der Waals surface area contributed by atoms with E-state index in [9.17, 15) is 85.7 Å². The Balaban J connectivity index is 1.07. The second kappa shape index (κ2) is 38.8. The summed E-state index contributed by atoms with van der Waals surface area (Å²) < 4.78 is 43.6. The predicted octanol–water partition coefficient (Wildman–Crippen LogP) is 7.41. The van der Waals surface area contributed by atoms with Gasteiger partial charge in [0.25, 0.3) is 5.91 Å². The van der Waals surface area contributed by atoms with Crippen LogP contribution in [0.15, 0.2) is 126 Å². The molecule has 0 bridgehead atoms. The second-order valence-corrected chi connectivity index (χ2v) is 26.4. The van der Waals surface area contributed by atoms with Gasteiger partial charge in [0.1, 0.15) is 11.6 Å². The highest BCUT2D eigenvalue weighted by atomic mass is 32.2. The number of sulfonamides is 1. The molecule has 6 rings (SSSR count). The number of rotatable bonds is 46. The van der Waals surface area contributed by atoms with E-state index < -0.39 is 162 Å². The number of ketones is 4. The molecule has 5 amide bonds. The number of carboxylic acid groups (broad SMARTS) is 3. The lowest BCUT2D eigenvalue weighted by atomic mass is 9.89. The fraction of sp³-hybridized carbons (Fsp3) is 0.417. The van der Waals surface area contributed by atoms with Gasteiger partial charge in [-0.3, -0.25) is 57.5 Å². The van der Waals surface area contributed by atoms with Gasteiger partial charge in [0.15, 0.2) is 17.3 Å². The van der Waals surface area contributed by atoms with Gasteiger partial charge in [-0.25, -0.2) is 17.5 Å². The molecule has 0 spiro atoms. The molecule has 524 valence electrons. The molecule has 0 aliphatic rings. The zero-order valence-corrected chi connectivity index (χ0v) is 55.5. The summed E-state index contributed by atoms with van der Waals surface area (Å²) in [4.78, 5) is 161. The Kier molecular flexibility index (Phi) is 30.6. The normalized spacial score (nSPS) is 13.2. The van der Waals surface area contributed by atoms with Crippen molar-refractivity contribution in [2.75, 3.05) is 19.6 Å². The summed E-state index contributed by atoms with van der Waals surface area (Å²) in [5.74, 6) is -15.8. The second-order valence-electron chi connectivity index (χ2n) is 24.6. The van der Waals surface area contributed by atoms with Crippen molar-refractivity contribution in [3.05, 3.63) is 150 Å². The maximum atomic E-state index is 14.7. The van der Waals surface area contributed by atoms with E-state index in [0.29, 0.717) is 73.5 Å². The van der Waals surface area contributed by atoms with E-state index in [4.69, 9.17) is 5.73 Å². The van der Waals surface area contributed by atoms with Crippen molar-refractivity contribution in [3.63, 3.8) is 0 Å². The third-order valence-corrected chi connectivity index (χ3v) is 18.4. The third-order valence-electron chi connectivity index (χ3n) is 17.0. The maximum absolute atomic E-state index is 14.7. The molecule has 0 fully saturated rings. The number of para-hydroxylation sites is 1. The number of hydrogen-bond acceptors (Lipinski definition) is 14. The lowest BCUT2D eigenvalue weighted by molar-refractivity contribution is -0.140. The van der Waals surface area contributed by atoms with Crippen molar-refractivity contribution in [2.24, 2.45) is 29.4 Å². The van der Waals surface area contributed by atoms with Crippen molar-refractivity contribution in [1.82, 2.24) is 31.0 Å². The molecule has 0 radical (unpaired) electrons. The number of hydrogen-bond donors (Lipinski definition) is 10. The average molecular weight is 1370 g/mol. The van der Waals surface area contributed by atoms with Crippen LogP contribution < -0.4 is 31.7 Å². The van der Waals surface area contributed by atoms with E-state index in [1.807, 2.05) is 43.3 Å². The summed E-state index contributed by atoms with van der Waals surface area (Å²) in [7, 11) is -4.50. The Labute approximate surface area is 567 Å². The monoisotopic (exact) mass is 1370 g/mol. The van der Waals surface area contributed by atoms with Crippen LogP contribution in [-0.2, 0) is 82.0 Å². The van der Waals surface area contributed by atoms with E-state index in [1.165, 1.54) is 24.3 Å². The van der Waals surface area contributed by atoms with E-state index in [0.717, 1.165) is 34.9 Å². The lowest BCUT2D eigenvalue weighted by Crippen LogP contribution is -2.47. The van der Waals surface area contributed by atoms with Crippen molar-refractivity contribution < 1.29 is 85.7 Å². The molecule has 1 aromatic heterocycles. The standard InChI is InChI=1S/C72H86FN7O17S/c1-2-13-45-22-28-58(29-23-45)98(96,97)80-62(42-67(89)90)64(84)41-52(27-31-66(87)88)71(94)78-44-57(82)38-53(34-46-14-12-18-55(73)35-46)72(95)79-61(39-54-43-77-60-21-8-7-20-59(54)60)63(83)40-51(26-30-65(85)86)70(93)75-32-10-3-4-19-56(81)37-49(68(74)91)17-9-11-33-76-69(92)50-25-24-47-15-5-6-16-48(47)36-50/h5-8,12,14-16,18,20-25,28-29,35-36,43,49,51-53,61-62,77,80H,2-4,9-11,13,17,19,26-27,30-34,37-42,44H2,1H3,(H2,74,91)(H,75,93)(H,76,92)(H,78,94)(H,79,95)(H,85,86)(H,87,88)(H,89,90)/t49-,51-,52-,53-,61+,62-/m1/s1. The van der Waals surface area contributed by atoms with Gasteiger partial charge < -0.3 is 47.3 Å². The Morgan fingerprint density at radius 3 is 1.84 bits per heavy atom. The number of aryl methyl sites for hydroxylation is 1. The number of unbranched alkanes of at least 4 members (excludes halogenated alkanes) is 3. The van der Waals surface area contributed by atoms with E-state index >= 15 is 0 Å². The van der Waals surface area contributed by atoms with Crippen molar-refractivity contribution >= 4 is 102 Å². The van der Waals surface area contributed by atoms with Crippen LogP contribution in [0, 0.1) is 29.5 Å². The zero-order valence-electron chi connectivity index (χ0n) is 54.7. The van der Waals surface area contributed by atoms with Gasteiger partial charge in [-0.05, 0) is 121 Å². The maximum Gasteiger partial charge on any atom is 0.305 e. The summed E-state index contributed by atoms with van der Waals surface area (Å²) in [6, 6.07) is 27.7. The minimum Gasteiger partial charge on any atom is -0.481 e. The smallest absolute Gasteiger partial charge is 0.305 e. The summed E-state index contributed by atoms with van der Waals surface area (Å²) in [6.45, 7) is 1.57. The first kappa shape index (κ1) is 77.2. The molecule has 0 aliphatic heterocycles. The first-order valence-corrected chi connectivity index (χ1v) is 34.3. The Bertz CT molecular complexity index is 3930. The Morgan fingerprint density at radius 2 is 1.17 bits per heavy atom. The number of benzene rings is 5. The van der Waals surface area contributed by atoms with Crippen LogP contribution in [0.3, 0.4) is 0 Å². The van der Waals surface area contributed by atoms with Gasteiger partial charge in [0.05, 0.1) is 29.9 Å². The number of nitrogens with two attached hydrogens (primary N) is 1. The largest absolute Gasteiger partial charge is 0.481 e. The number of carbonyl (C=O) groups is 12. The molecule has 24 nitrogen and oxygen atoms in total. The molecule has 6 atom stereocenters. The number of primary amides is 1. The number of carbonyl (C=O) groups excluding carboxylic acids is 9. The number of aliphatic carboxylic acids is 3. The Morgan fingerprint density at radius 1 is 0.541 bits per heavy atom. The molecule has 0 saturated heterocycles. The molecular weight excluding hydrogens is 1290 g/mol. The highest BCUT2D eigenvalue weighted by Crippen LogP contribution is 2.25. The molecule has 1 heterocycles. The first-order chi connectivity index (χ1) is 46.8. The lowest BCUT2D eigenvalue weighted by Gasteiger charge is -2.24. The van der Waals surface area contributed by atoms with Crippen LogP contribution in [0.4, 0.5) is 4.39 Å². The van der Waals surface area contributed by atoms with E-state index in [2.05, 4.69) is 31.0 Å². The average Bonchev–Trinajstić information content (AvgIpc) is 1.23. The van der Waals surface area contributed by atoms with Crippen molar-refractivity contribution in [1.29, 1.82) is 0 Å². The fourth-order valence-electron chi connectivity index (χ4n) is 11.6. The molecule has 11 N–H and O–H groups in total. The summed E-state index contributed by atoms with van der Waals surface area (Å²) in [6.07, 6.45) is 0.356. The topological polar surface area (TPSA) is 402 Å². The number of fused-ring (bicyclic) bond motifs is 2.